The summed E-state index contributed by atoms with van der Waals surface area (Å²) in [5.41, 5.74) is 5.00. The first-order valence-electron chi connectivity index (χ1n) is 10.7. The number of hydrogen-bond donors (Lipinski definition) is 1. The first kappa shape index (κ1) is 22.1. The monoisotopic (exact) mass is 442 g/mol. The number of amides is 1. The summed E-state index contributed by atoms with van der Waals surface area (Å²) in [6, 6.07) is 19.2. The van der Waals surface area contributed by atoms with Crippen molar-refractivity contribution in [2.75, 3.05) is 7.11 Å². The maximum atomic E-state index is 12.5. The molecule has 4 rings (SSSR count). The summed E-state index contributed by atoms with van der Waals surface area (Å²) in [6.07, 6.45) is 4.89. The molecule has 0 aliphatic heterocycles. The van der Waals surface area contributed by atoms with Crippen molar-refractivity contribution in [3.8, 4) is 33.9 Å². The topological polar surface area (TPSA) is 78.3 Å². The van der Waals surface area contributed by atoms with Gasteiger partial charge in [-0.15, -0.1) is 0 Å². The first-order chi connectivity index (χ1) is 16.0. The fourth-order valence-electron chi connectivity index (χ4n) is 3.52. The van der Waals surface area contributed by atoms with Gasteiger partial charge >= 0.3 is 0 Å². The van der Waals surface area contributed by atoms with E-state index in [-0.39, 0.29) is 5.91 Å². The van der Waals surface area contributed by atoms with Crippen molar-refractivity contribution in [2.45, 2.75) is 19.6 Å². The SMILES string of the molecule is COc1ccccc1OC(C)C(=O)NCc1ccc(-c2nn(C)cc2-c2ccncc2)cc1. The number of rotatable bonds is 8. The van der Waals surface area contributed by atoms with Crippen molar-refractivity contribution in [3.63, 3.8) is 0 Å². The van der Waals surface area contributed by atoms with Gasteiger partial charge in [0, 0.05) is 43.3 Å². The van der Waals surface area contributed by atoms with Gasteiger partial charge in [-0.2, -0.15) is 5.10 Å². The van der Waals surface area contributed by atoms with E-state index in [0.717, 1.165) is 27.9 Å². The zero-order chi connectivity index (χ0) is 23.2. The summed E-state index contributed by atoms with van der Waals surface area (Å²) < 4.78 is 12.9. The summed E-state index contributed by atoms with van der Waals surface area (Å²) in [5.74, 6) is 0.926. The predicted molar refractivity (Wildman–Crippen MR) is 127 cm³/mol. The molecule has 2 aromatic heterocycles. The second kappa shape index (κ2) is 9.99. The quantitative estimate of drug-likeness (QED) is 0.442. The summed E-state index contributed by atoms with van der Waals surface area (Å²) in [4.78, 5) is 16.6. The lowest BCUT2D eigenvalue weighted by Crippen LogP contribution is -2.35. The third-order valence-electron chi connectivity index (χ3n) is 5.26. The van der Waals surface area contributed by atoms with Gasteiger partial charge in [-0.1, -0.05) is 36.4 Å². The Morgan fingerprint density at radius 1 is 1.00 bits per heavy atom. The lowest BCUT2D eigenvalue weighted by atomic mass is 10.0. The molecule has 0 saturated carbocycles. The van der Waals surface area contributed by atoms with Gasteiger partial charge < -0.3 is 14.8 Å². The van der Waals surface area contributed by atoms with E-state index >= 15 is 0 Å². The molecule has 1 N–H and O–H groups in total. The number of benzene rings is 2. The fraction of sp³-hybridized carbons (Fsp3) is 0.192. The molecule has 0 spiro atoms. The molecule has 0 fully saturated rings. The van der Waals surface area contributed by atoms with Crippen LogP contribution in [0.15, 0.2) is 79.3 Å². The van der Waals surface area contributed by atoms with Crippen LogP contribution >= 0.6 is 0 Å². The molecule has 0 radical (unpaired) electrons. The highest BCUT2D eigenvalue weighted by atomic mass is 16.5. The standard InChI is InChI=1S/C26H26N4O3/c1-18(33-24-7-5-4-6-23(24)32-3)26(31)28-16-19-8-10-21(11-9-19)25-22(17-30(2)29-25)20-12-14-27-15-13-20/h4-15,17-18H,16H2,1-3H3,(H,28,31). The van der Waals surface area contributed by atoms with E-state index in [4.69, 9.17) is 9.47 Å². The number of para-hydroxylation sites is 2. The average molecular weight is 443 g/mol. The summed E-state index contributed by atoms with van der Waals surface area (Å²) >= 11 is 0. The number of aryl methyl sites for hydroxylation is 1. The van der Waals surface area contributed by atoms with E-state index < -0.39 is 6.10 Å². The fourth-order valence-corrected chi connectivity index (χ4v) is 3.52. The van der Waals surface area contributed by atoms with Gasteiger partial charge in [0.15, 0.2) is 17.6 Å². The smallest absolute Gasteiger partial charge is 0.261 e. The largest absolute Gasteiger partial charge is 0.493 e. The average Bonchev–Trinajstić information content (AvgIpc) is 3.25. The third kappa shape index (κ3) is 5.20. The van der Waals surface area contributed by atoms with E-state index in [1.165, 1.54) is 0 Å². The Morgan fingerprint density at radius 2 is 1.70 bits per heavy atom. The zero-order valence-corrected chi connectivity index (χ0v) is 18.9. The molecule has 0 saturated heterocycles. The number of aromatic nitrogens is 3. The van der Waals surface area contributed by atoms with Crippen LogP contribution in [0.2, 0.25) is 0 Å². The van der Waals surface area contributed by atoms with Gasteiger partial charge in [0.25, 0.3) is 5.91 Å². The number of hydrogen-bond acceptors (Lipinski definition) is 5. The van der Waals surface area contributed by atoms with Gasteiger partial charge in [-0.25, -0.2) is 0 Å². The molecule has 0 aliphatic rings. The van der Waals surface area contributed by atoms with Crippen LogP contribution in [0.1, 0.15) is 12.5 Å². The van der Waals surface area contributed by atoms with Crippen LogP contribution in [0.3, 0.4) is 0 Å². The molecule has 0 aliphatic carbocycles. The molecule has 0 bridgehead atoms. The number of pyridine rings is 1. The van der Waals surface area contributed by atoms with E-state index in [1.54, 1.807) is 38.6 Å². The molecule has 33 heavy (non-hydrogen) atoms. The van der Waals surface area contributed by atoms with Gasteiger partial charge in [0.2, 0.25) is 0 Å². The molecule has 1 atom stereocenters. The highest BCUT2D eigenvalue weighted by Crippen LogP contribution is 2.30. The van der Waals surface area contributed by atoms with Crippen molar-refractivity contribution in [1.29, 1.82) is 0 Å². The Kier molecular flexibility index (Phi) is 6.69. The van der Waals surface area contributed by atoms with E-state index in [2.05, 4.69) is 15.4 Å². The lowest BCUT2D eigenvalue weighted by Gasteiger charge is -2.16. The Labute approximate surface area is 193 Å². The van der Waals surface area contributed by atoms with Crippen LogP contribution in [-0.2, 0) is 18.4 Å². The number of carbonyl (C=O) groups is 1. The Morgan fingerprint density at radius 3 is 2.39 bits per heavy atom. The van der Waals surface area contributed by atoms with Crippen LogP contribution < -0.4 is 14.8 Å². The molecule has 2 heterocycles. The lowest BCUT2D eigenvalue weighted by molar-refractivity contribution is -0.127. The van der Waals surface area contributed by atoms with E-state index in [9.17, 15) is 4.79 Å². The van der Waals surface area contributed by atoms with Crippen molar-refractivity contribution in [2.24, 2.45) is 7.05 Å². The molecule has 1 amide bonds. The third-order valence-corrected chi connectivity index (χ3v) is 5.26. The zero-order valence-electron chi connectivity index (χ0n) is 18.9. The Hall–Kier alpha value is -4.13. The maximum absolute atomic E-state index is 12.5. The van der Waals surface area contributed by atoms with Crippen LogP contribution in [0, 0.1) is 0 Å². The number of methoxy groups -OCH3 is 1. The second-order valence-corrected chi connectivity index (χ2v) is 7.63. The number of carbonyl (C=O) groups excluding carboxylic acids is 1. The minimum Gasteiger partial charge on any atom is -0.493 e. The minimum atomic E-state index is -0.656. The number of ether oxygens (including phenoxy) is 2. The number of nitrogens with one attached hydrogen (secondary N) is 1. The molecule has 7 heteroatoms. The normalized spacial score (nSPS) is 11.6. The molecule has 4 aromatic rings. The van der Waals surface area contributed by atoms with Crippen molar-refractivity contribution >= 4 is 5.91 Å². The summed E-state index contributed by atoms with van der Waals surface area (Å²) in [5, 5.41) is 7.56. The highest BCUT2D eigenvalue weighted by molar-refractivity contribution is 5.81. The first-order valence-corrected chi connectivity index (χ1v) is 10.7. The summed E-state index contributed by atoms with van der Waals surface area (Å²) in [6.45, 7) is 2.12. The van der Waals surface area contributed by atoms with Crippen molar-refractivity contribution < 1.29 is 14.3 Å². The molecule has 1 unspecified atom stereocenters. The van der Waals surface area contributed by atoms with Crippen LogP contribution in [0.25, 0.3) is 22.4 Å². The van der Waals surface area contributed by atoms with Gasteiger partial charge in [0.05, 0.1) is 7.11 Å². The van der Waals surface area contributed by atoms with Gasteiger partial charge in [0.1, 0.15) is 5.69 Å². The van der Waals surface area contributed by atoms with Gasteiger partial charge in [-0.3, -0.25) is 14.5 Å². The molecular formula is C26H26N4O3. The molecule has 2 aromatic carbocycles. The van der Waals surface area contributed by atoms with Crippen LogP contribution in [0.5, 0.6) is 11.5 Å². The van der Waals surface area contributed by atoms with Gasteiger partial charge in [-0.05, 0) is 42.3 Å². The van der Waals surface area contributed by atoms with Crippen molar-refractivity contribution in [3.05, 3.63) is 84.8 Å². The maximum Gasteiger partial charge on any atom is 0.261 e. The molecule has 7 nitrogen and oxygen atoms in total. The molecule has 168 valence electrons. The highest BCUT2D eigenvalue weighted by Gasteiger charge is 2.17. The molecular weight excluding hydrogens is 416 g/mol. The minimum absolute atomic E-state index is 0.199. The second-order valence-electron chi connectivity index (χ2n) is 7.63. The van der Waals surface area contributed by atoms with Crippen molar-refractivity contribution in [1.82, 2.24) is 20.1 Å². The Bertz CT molecular complexity index is 1220. The van der Waals surface area contributed by atoms with Crippen LogP contribution in [0.4, 0.5) is 0 Å². The van der Waals surface area contributed by atoms with E-state index in [0.29, 0.717) is 18.0 Å². The summed E-state index contributed by atoms with van der Waals surface area (Å²) in [7, 11) is 3.48. The van der Waals surface area contributed by atoms with Crippen LogP contribution in [-0.4, -0.2) is 33.9 Å². The Balaban J connectivity index is 1.40. The van der Waals surface area contributed by atoms with E-state index in [1.807, 2.05) is 66.5 Å². The number of nitrogens with zero attached hydrogens (tertiary/aromatic N) is 3. The predicted octanol–water partition coefficient (Wildman–Crippen LogP) is 4.24.